The topological polar surface area (TPSA) is 59.1 Å². The van der Waals surface area contributed by atoms with Crippen LogP contribution in [0.2, 0.25) is 0 Å². The van der Waals surface area contributed by atoms with Crippen molar-refractivity contribution in [3.05, 3.63) is 18.2 Å². The molecule has 1 aliphatic carbocycles. The van der Waals surface area contributed by atoms with Gasteiger partial charge in [-0.3, -0.25) is 9.59 Å². The zero-order chi connectivity index (χ0) is 19.0. The van der Waals surface area contributed by atoms with Gasteiger partial charge < -0.3 is 19.3 Å². The summed E-state index contributed by atoms with van der Waals surface area (Å²) in [4.78, 5) is 29.5. The summed E-state index contributed by atoms with van der Waals surface area (Å²) in [6.45, 7) is 6.66. The Balaban J connectivity index is 1.46. The van der Waals surface area contributed by atoms with Crippen molar-refractivity contribution >= 4 is 17.5 Å². The number of rotatable bonds is 6. The predicted molar refractivity (Wildman–Crippen MR) is 102 cm³/mol. The van der Waals surface area contributed by atoms with Crippen LogP contribution < -0.4 is 14.4 Å². The first-order valence-electron chi connectivity index (χ1n) is 10.0. The molecule has 1 saturated heterocycles. The zero-order valence-electron chi connectivity index (χ0n) is 16.1. The minimum absolute atomic E-state index is 0.00429. The van der Waals surface area contributed by atoms with E-state index in [1.54, 1.807) is 4.90 Å². The second-order valence-electron chi connectivity index (χ2n) is 8.18. The molecule has 0 N–H and O–H groups in total. The van der Waals surface area contributed by atoms with E-state index in [0.29, 0.717) is 43.2 Å². The molecule has 4 rings (SSSR count). The minimum Gasteiger partial charge on any atom is -0.486 e. The number of anilines is 1. The number of hydrogen-bond donors (Lipinski definition) is 0. The van der Waals surface area contributed by atoms with Crippen LogP contribution in [0.1, 0.15) is 39.5 Å². The number of nitrogens with zero attached hydrogens (tertiary/aromatic N) is 2. The number of amides is 2. The Morgan fingerprint density at radius 2 is 1.96 bits per heavy atom. The van der Waals surface area contributed by atoms with Crippen molar-refractivity contribution in [3.63, 3.8) is 0 Å². The third-order valence-corrected chi connectivity index (χ3v) is 5.53. The fourth-order valence-corrected chi connectivity index (χ4v) is 3.81. The Morgan fingerprint density at radius 3 is 2.67 bits per heavy atom. The molecule has 2 fully saturated rings. The molecule has 6 heteroatoms. The summed E-state index contributed by atoms with van der Waals surface area (Å²) in [6.07, 6.45) is 3.49. The lowest BCUT2D eigenvalue weighted by molar-refractivity contribution is -0.136. The molecule has 1 aromatic carbocycles. The molecular formula is C21H28N2O4. The van der Waals surface area contributed by atoms with Crippen LogP contribution in [0.5, 0.6) is 11.5 Å². The normalized spacial score (nSPS) is 21.7. The molecule has 0 radical (unpaired) electrons. The van der Waals surface area contributed by atoms with Gasteiger partial charge in [0.05, 0.1) is 5.92 Å². The fraction of sp³-hybridized carbons (Fsp3) is 0.619. The molecule has 1 aromatic rings. The van der Waals surface area contributed by atoms with Gasteiger partial charge in [0.15, 0.2) is 11.5 Å². The van der Waals surface area contributed by atoms with Crippen LogP contribution in [0.15, 0.2) is 18.2 Å². The van der Waals surface area contributed by atoms with Crippen molar-refractivity contribution in [1.29, 1.82) is 0 Å². The molecule has 0 aromatic heterocycles. The van der Waals surface area contributed by atoms with Gasteiger partial charge in [0.1, 0.15) is 13.2 Å². The third kappa shape index (κ3) is 3.89. The molecule has 0 spiro atoms. The summed E-state index contributed by atoms with van der Waals surface area (Å²) in [5.41, 5.74) is 0.778. The highest BCUT2D eigenvalue weighted by molar-refractivity contribution is 6.00. The fourth-order valence-electron chi connectivity index (χ4n) is 3.81. The maximum absolute atomic E-state index is 13.1. The van der Waals surface area contributed by atoms with E-state index in [0.717, 1.165) is 31.5 Å². The first-order chi connectivity index (χ1) is 13.0. The highest BCUT2D eigenvalue weighted by Crippen LogP contribution is 2.37. The number of benzene rings is 1. The summed E-state index contributed by atoms with van der Waals surface area (Å²) >= 11 is 0. The van der Waals surface area contributed by atoms with Crippen molar-refractivity contribution in [2.45, 2.75) is 45.6 Å². The zero-order valence-corrected chi connectivity index (χ0v) is 16.1. The Labute approximate surface area is 160 Å². The highest BCUT2D eigenvalue weighted by atomic mass is 16.6. The standard InChI is InChI=1S/C21H28N2O4/c1-14(2)7-8-22(16-3-4-16)21(25)15-11-20(24)23(13-15)17-5-6-18-19(12-17)27-10-9-26-18/h5-6,12,14-16H,3-4,7-11,13H2,1-2H3. The van der Waals surface area contributed by atoms with Gasteiger partial charge in [-0.25, -0.2) is 0 Å². The van der Waals surface area contributed by atoms with Gasteiger partial charge in [0, 0.05) is 37.3 Å². The molecule has 3 aliphatic rings. The van der Waals surface area contributed by atoms with Crippen molar-refractivity contribution in [2.75, 3.05) is 31.2 Å². The molecule has 1 saturated carbocycles. The number of carbonyl (C=O) groups excluding carboxylic acids is 2. The molecule has 6 nitrogen and oxygen atoms in total. The molecule has 1 unspecified atom stereocenters. The Hall–Kier alpha value is -2.24. The Bertz CT molecular complexity index is 729. The maximum atomic E-state index is 13.1. The Kier molecular flexibility index (Phi) is 4.98. The first-order valence-corrected chi connectivity index (χ1v) is 10.0. The van der Waals surface area contributed by atoms with E-state index in [9.17, 15) is 9.59 Å². The third-order valence-electron chi connectivity index (χ3n) is 5.53. The maximum Gasteiger partial charge on any atom is 0.228 e. The van der Waals surface area contributed by atoms with Crippen LogP contribution in [0, 0.1) is 11.8 Å². The van der Waals surface area contributed by atoms with Gasteiger partial charge in [-0.05, 0) is 37.3 Å². The van der Waals surface area contributed by atoms with Gasteiger partial charge in [-0.2, -0.15) is 0 Å². The molecule has 0 bridgehead atoms. The molecule has 2 aliphatic heterocycles. The van der Waals surface area contributed by atoms with E-state index in [1.165, 1.54) is 0 Å². The van der Waals surface area contributed by atoms with Crippen LogP contribution >= 0.6 is 0 Å². The van der Waals surface area contributed by atoms with Gasteiger partial charge in [-0.15, -0.1) is 0 Å². The van der Waals surface area contributed by atoms with Crippen LogP contribution in [-0.2, 0) is 9.59 Å². The van der Waals surface area contributed by atoms with E-state index in [-0.39, 0.29) is 24.2 Å². The molecule has 27 heavy (non-hydrogen) atoms. The van der Waals surface area contributed by atoms with Crippen molar-refractivity contribution in [2.24, 2.45) is 11.8 Å². The van der Waals surface area contributed by atoms with Gasteiger partial charge in [-0.1, -0.05) is 13.8 Å². The van der Waals surface area contributed by atoms with Crippen LogP contribution in [0.3, 0.4) is 0 Å². The predicted octanol–water partition coefficient (Wildman–Crippen LogP) is 2.85. The van der Waals surface area contributed by atoms with Crippen molar-refractivity contribution < 1.29 is 19.1 Å². The number of hydrogen-bond acceptors (Lipinski definition) is 4. The van der Waals surface area contributed by atoms with Gasteiger partial charge in [0.2, 0.25) is 11.8 Å². The van der Waals surface area contributed by atoms with E-state index in [2.05, 4.69) is 13.8 Å². The number of fused-ring (bicyclic) bond motifs is 1. The smallest absolute Gasteiger partial charge is 0.228 e. The van der Waals surface area contributed by atoms with Gasteiger partial charge >= 0.3 is 0 Å². The lowest BCUT2D eigenvalue weighted by Crippen LogP contribution is -2.40. The quantitative estimate of drug-likeness (QED) is 0.770. The first kappa shape index (κ1) is 18.1. The van der Waals surface area contributed by atoms with E-state index in [1.807, 2.05) is 23.1 Å². The van der Waals surface area contributed by atoms with E-state index in [4.69, 9.17) is 9.47 Å². The molecule has 146 valence electrons. The Morgan fingerprint density at radius 1 is 1.22 bits per heavy atom. The second kappa shape index (κ2) is 7.41. The van der Waals surface area contributed by atoms with Crippen LogP contribution in [0.25, 0.3) is 0 Å². The summed E-state index contributed by atoms with van der Waals surface area (Å²) < 4.78 is 11.2. The largest absolute Gasteiger partial charge is 0.486 e. The summed E-state index contributed by atoms with van der Waals surface area (Å²) in [6, 6.07) is 5.94. The number of carbonyl (C=O) groups is 2. The monoisotopic (exact) mass is 372 g/mol. The van der Waals surface area contributed by atoms with Crippen molar-refractivity contribution in [1.82, 2.24) is 4.90 Å². The van der Waals surface area contributed by atoms with Crippen molar-refractivity contribution in [3.8, 4) is 11.5 Å². The molecule has 2 heterocycles. The SMILES string of the molecule is CC(C)CCN(C(=O)C1CC(=O)N(c2ccc3c(c2)OCCO3)C1)C1CC1. The van der Waals surface area contributed by atoms with Crippen LogP contribution in [0.4, 0.5) is 5.69 Å². The number of ether oxygens (including phenoxy) is 2. The van der Waals surface area contributed by atoms with E-state index < -0.39 is 0 Å². The average Bonchev–Trinajstić information content (AvgIpc) is 3.42. The minimum atomic E-state index is -0.251. The molecule has 2 amide bonds. The van der Waals surface area contributed by atoms with E-state index >= 15 is 0 Å². The summed E-state index contributed by atoms with van der Waals surface area (Å²) in [7, 11) is 0. The molecular weight excluding hydrogens is 344 g/mol. The lowest BCUT2D eigenvalue weighted by Gasteiger charge is -2.26. The van der Waals surface area contributed by atoms with Crippen LogP contribution in [-0.4, -0.2) is 49.1 Å². The molecule has 1 atom stereocenters. The summed E-state index contributed by atoms with van der Waals surface area (Å²) in [5, 5.41) is 0. The van der Waals surface area contributed by atoms with Gasteiger partial charge in [0.25, 0.3) is 0 Å². The summed E-state index contributed by atoms with van der Waals surface area (Å²) in [5.74, 6) is 1.84. The highest BCUT2D eigenvalue weighted by Gasteiger charge is 2.41. The average molecular weight is 372 g/mol. The second-order valence-corrected chi connectivity index (χ2v) is 8.18. The lowest BCUT2D eigenvalue weighted by atomic mass is 10.1.